The van der Waals surface area contributed by atoms with Crippen molar-refractivity contribution in [2.24, 2.45) is 0 Å². The molecule has 0 unspecified atom stereocenters. The van der Waals surface area contributed by atoms with Gasteiger partial charge in [-0.1, -0.05) is 0 Å². The topological polar surface area (TPSA) is 98.4 Å². The Kier molecular flexibility index (Phi) is 6.45. The Morgan fingerprint density at radius 3 is 2.47 bits per heavy atom. The molecule has 0 bridgehead atoms. The second-order valence-corrected chi connectivity index (χ2v) is 9.32. The number of methoxy groups -OCH3 is 2. The lowest BCUT2D eigenvalue weighted by atomic mass is 9.91. The van der Waals surface area contributed by atoms with E-state index in [1.165, 1.54) is 0 Å². The number of hydrogen-bond donors (Lipinski definition) is 2. The molecule has 0 aromatic heterocycles. The fraction of sp³-hybridized carbons (Fsp3) is 0.440. The molecule has 0 saturated heterocycles. The minimum Gasteiger partial charge on any atom is -0.493 e. The van der Waals surface area contributed by atoms with Gasteiger partial charge in [0.25, 0.3) is 5.91 Å². The molecule has 2 aromatic rings. The first kappa shape index (κ1) is 23.5. The number of amides is 3. The largest absolute Gasteiger partial charge is 0.493 e. The average molecular weight is 470 g/mol. The highest BCUT2D eigenvalue weighted by atomic mass is 16.7. The Balaban J connectivity index is 1.61. The van der Waals surface area contributed by atoms with Gasteiger partial charge in [-0.25, -0.2) is 4.79 Å². The van der Waals surface area contributed by atoms with Crippen LogP contribution in [0.3, 0.4) is 0 Å². The first-order chi connectivity index (χ1) is 16.2. The quantitative estimate of drug-likeness (QED) is 0.698. The van der Waals surface area contributed by atoms with Crippen LogP contribution in [0, 0.1) is 0 Å². The second kappa shape index (κ2) is 9.32. The van der Waals surface area contributed by atoms with E-state index in [0.29, 0.717) is 41.5 Å². The number of ether oxygens (including phenoxy) is 4. The molecule has 34 heavy (non-hydrogen) atoms. The van der Waals surface area contributed by atoms with Gasteiger partial charge in [0.05, 0.1) is 20.3 Å². The van der Waals surface area contributed by atoms with Gasteiger partial charge in [-0.15, -0.1) is 0 Å². The van der Waals surface area contributed by atoms with Crippen molar-refractivity contribution in [3.8, 4) is 23.0 Å². The number of rotatable bonds is 5. The number of carbonyl (C=O) groups excluding carboxylic acids is 2. The van der Waals surface area contributed by atoms with Crippen molar-refractivity contribution in [2.45, 2.75) is 38.8 Å². The predicted molar refractivity (Wildman–Crippen MR) is 126 cm³/mol. The Morgan fingerprint density at radius 1 is 1.06 bits per heavy atom. The minimum atomic E-state index is -0.394. The summed E-state index contributed by atoms with van der Waals surface area (Å²) in [6.07, 6.45) is 0.667. The third-order valence-corrected chi connectivity index (χ3v) is 5.84. The summed E-state index contributed by atoms with van der Waals surface area (Å²) >= 11 is 0. The van der Waals surface area contributed by atoms with Crippen LogP contribution in [0.1, 0.15) is 48.3 Å². The molecule has 2 aliphatic heterocycles. The molecule has 2 aromatic carbocycles. The summed E-state index contributed by atoms with van der Waals surface area (Å²) < 4.78 is 21.7. The lowest BCUT2D eigenvalue weighted by molar-refractivity contribution is 0.0932. The Hall–Kier alpha value is -3.62. The van der Waals surface area contributed by atoms with E-state index in [1.807, 2.05) is 32.9 Å². The zero-order valence-electron chi connectivity index (χ0n) is 20.2. The van der Waals surface area contributed by atoms with Gasteiger partial charge >= 0.3 is 6.03 Å². The normalized spacial score (nSPS) is 16.5. The molecule has 9 heteroatoms. The lowest BCUT2D eigenvalue weighted by Crippen LogP contribution is -2.53. The van der Waals surface area contributed by atoms with Crippen LogP contribution in [0.4, 0.5) is 4.79 Å². The molecule has 182 valence electrons. The van der Waals surface area contributed by atoms with Gasteiger partial charge in [0.15, 0.2) is 23.0 Å². The summed E-state index contributed by atoms with van der Waals surface area (Å²) in [5.41, 5.74) is 2.03. The molecule has 9 nitrogen and oxygen atoms in total. The predicted octanol–water partition coefficient (Wildman–Crippen LogP) is 3.27. The first-order valence-electron chi connectivity index (χ1n) is 11.2. The summed E-state index contributed by atoms with van der Waals surface area (Å²) in [5, 5.41) is 6.02. The molecule has 2 heterocycles. The maximum atomic E-state index is 13.2. The highest BCUT2D eigenvalue weighted by Crippen LogP contribution is 2.38. The number of carbonyl (C=O) groups is 2. The lowest BCUT2D eigenvalue weighted by Gasteiger charge is -2.39. The first-order valence-corrected chi connectivity index (χ1v) is 11.2. The molecular formula is C25H31N3O6. The molecule has 0 spiro atoms. The molecule has 0 fully saturated rings. The van der Waals surface area contributed by atoms with Crippen molar-refractivity contribution in [3.63, 3.8) is 0 Å². The van der Waals surface area contributed by atoms with Crippen LogP contribution in [0.25, 0.3) is 0 Å². The van der Waals surface area contributed by atoms with Crippen LogP contribution in [-0.4, -0.2) is 56.5 Å². The molecule has 3 amide bonds. The number of benzene rings is 2. The third kappa shape index (κ3) is 4.83. The van der Waals surface area contributed by atoms with Crippen molar-refractivity contribution in [1.29, 1.82) is 0 Å². The van der Waals surface area contributed by atoms with Gasteiger partial charge in [-0.2, -0.15) is 0 Å². The fourth-order valence-corrected chi connectivity index (χ4v) is 4.21. The highest BCUT2D eigenvalue weighted by Gasteiger charge is 2.34. The molecule has 2 N–H and O–H groups in total. The maximum absolute atomic E-state index is 13.2. The van der Waals surface area contributed by atoms with E-state index in [-0.39, 0.29) is 31.3 Å². The number of fused-ring (bicyclic) bond motifs is 2. The Bertz CT molecular complexity index is 1090. The number of hydrogen-bond acceptors (Lipinski definition) is 6. The smallest absolute Gasteiger partial charge is 0.318 e. The van der Waals surface area contributed by atoms with E-state index in [4.69, 9.17) is 18.9 Å². The number of nitrogens with one attached hydrogen (secondary N) is 2. The van der Waals surface area contributed by atoms with E-state index >= 15 is 0 Å². The van der Waals surface area contributed by atoms with Crippen molar-refractivity contribution < 1.29 is 28.5 Å². The minimum absolute atomic E-state index is 0.141. The Morgan fingerprint density at radius 2 is 1.76 bits per heavy atom. The summed E-state index contributed by atoms with van der Waals surface area (Å²) in [5.74, 6) is 2.10. The second-order valence-electron chi connectivity index (χ2n) is 9.32. The summed E-state index contributed by atoms with van der Waals surface area (Å²) in [4.78, 5) is 27.9. The third-order valence-electron chi connectivity index (χ3n) is 5.84. The van der Waals surface area contributed by atoms with Crippen LogP contribution >= 0.6 is 0 Å². The number of urea groups is 1. The molecule has 4 rings (SSSR count). The molecule has 1 atom stereocenters. The summed E-state index contributed by atoms with van der Waals surface area (Å²) in [7, 11) is 3.17. The van der Waals surface area contributed by atoms with Gasteiger partial charge in [-0.3, -0.25) is 4.79 Å². The molecular weight excluding hydrogens is 438 g/mol. The fourth-order valence-electron chi connectivity index (χ4n) is 4.21. The molecule has 0 aliphatic carbocycles. The van der Waals surface area contributed by atoms with E-state index in [2.05, 4.69) is 10.6 Å². The monoisotopic (exact) mass is 469 g/mol. The summed E-state index contributed by atoms with van der Waals surface area (Å²) in [6.45, 7) is 6.69. The average Bonchev–Trinajstić information content (AvgIpc) is 3.28. The van der Waals surface area contributed by atoms with Gasteiger partial charge in [0.2, 0.25) is 6.79 Å². The van der Waals surface area contributed by atoms with Crippen LogP contribution in [0.15, 0.2) is 30.3 Å². The van der Waals surface area contributed by atoms with E-state index < -0.39 is 5.54 Å². The van der Waals surface area contributed by atoms with Gasteiger partial charge in [0, 0.05) is 24.2 Å². The van der Waals surface area contributed by atoms with Crippen molar-refractivity contribution in [1.82, 2.24) is 15.5 Å². The zero-order valence-corrected chi connectivity index (χ0v) is 20.2. The Labute approximate surface area is 199 Å². The van der Waals surface area contributed by atoms with Gasteiger partial charge in [-0.05, 0) is 68.7 Å². The molecule has 0 saturated carbocycles. The molecule has 2 aliphatic rings. The SMILES string of the molecule is COc1cc2c(cc1OC)[C@@H](CNC(=O)c1ccc3c(c1)OCO3)N(C(=O)NC(C)(C)C)CC2. The van der Waals surface area contributed by atoms with E-state index in [9.17, 15) is 9.59 Å². The van der Waals surface area contributed by atoms with Crippen molar-refractivity contribution in [2.75, 3.05) is 34.1 Å². The summed E-state index contributed by atoms with van der Waals surface area (Å²) in [6, 6.07) is 8.33. The van der Waals surface area contributed by atoms with Crippen LogP contribution < -0.4 is 29.6 Å². The van der Waals surface area contributed by atoms with Crippen molar-refractivity contribution in [3.05, 3.63) is 47.0 Å². The van der Waals surface area contributed by atoms with E-state index in [1.54, 1.807) is 37.3 Å². The van der Waals surface area contributed by atoms with Crippen molar-refractivity contribution >= 4 is 11.9 Å². The standard InChI is InChI=1S/C25H31N3O6/c1-25(2,3)27-24(30)28-9-8-15-10-20(31-4)21(32-5)12-17(15)18(28)13-26-23(29)16-6-7-19-22(11-16)34-14-33-19/h6-7,10-12,18H,8-9,13-14H2,1-5H3,(H,26,29)(H,27,30)/t18-/m1/s1. The van der Waals surface area contributed by atoms with Crippen LogP contribution in [0.5, 0.6) is 23.0 Å². The van der Waals surface area contributed by atoms with E-state index in [0.717, 1.165) is 11.1 Å². The zero-order chi connectivity index (χ0) is 24.5. The highest BCUT2D eigenvalue weighted by molar-refractivity contribution is 5.95. The van der Waals surface area contributed by atoms with Gasteiger partial charge < -0.3 is 34.5 Å². The van der Waals surface area contributed by atoms with Crippen LogP contribution in [0.2, 0.25) is 0 Å². The van der Waals surface area contributed by atoms with Gasteiger partial charge in [0.1, 0.15) is 0 Å². The number of nitrogens with zero attached hydrogens (tertiary/aromatic N) is 1. The van der Waals surface area contributed by atoms with Crippen LogP contribution in [-0.2, 0) is 6.42 Å². The molecule has 0 radical (unpaired) electrons. The maximum Gasteiger partial charge on any atom is 0.318 e.